The summed E-state index contributed by atoms with van der Waals surface area (Å²) in [5.74, 6) is -1.82. The molecule has 2 aliphatic rings. The van der Waals surface area contributed by atoms with Gasteiger partial charge in [0, 0.05) is 41.7 Å². The van der Waals surface area contributed by atoms with Gasteiger partial charge < -0.3 is 10.1 Å². The monoisotopic (exact) mass is 511 g/mol. The average molecular weight is 512 g/mol. The Bertz CT molecular complexity index is 1360. The summed E-state index contributed by atoms with van der Waals surface area (Å²) in [6.45, 7) is 4.43. The fourth-order valence-corrected chi connectivity index (χ4v) is 4.77. The van der Waals surface area contributed by atoms with E-state index in [-0.39, 0.29) is 22.7 Å². The Morgan fingerprint density at radius 1 is 0.946 bits per heavy atom. The topological polar surface area (TPSA) is 79.0 Å². The van der Waals surface area contributed by atoms with Crippen LogP contribution in [0.25, 0.3) is 10.8 Å². The first-order valence-corrected chi connectivity index (χ1v) is 12.0. The van der Waals surface area contributed by atoms with Crippen LogP contribution in [0.5, 0.6) is 0 Å². The van der Waals surface area contributed by atoms with Gasteiger partial charge in [-0.3, -0.25) is 19.3 Å². The average Bonchev–Trinajstić information content (AvgIpc) is 2.89. The van der Waals surface area contributed by atoms with Gasteiger partial charge in [0.1, 0.15) is 0 Å². The Morgan fingerprint density at radius 2 is 1.65 bits per heavy atom. The van der Waals surface area contributed by atoms with Crippen LogP contribution in [0.1, 0.15) is 43.1 Å². The molecule has 0 aromatic heterocycles. The van der Waals surface area contributed by atoms with Crippen LogP contribution in [-0.2, 0) is 10.9 Å². The van der Waals surface area contributed by atoms with E-state index in [2.05, 4.69) is 10.2 Å². The molecule has 7 nitrogen and oxygen atoms in total. The second-order valence-corrected chi connectivity index (χ2v) is 8.95. The van der Waals surface area contributed by atoms with E-state index in [4.69, 9.17) is 4.74 Å². The molecule has 1 saturated heterocycles. The number of rotatable bonds is 6. The molecule has 5 rings (SSSR count). The molecule has 3 aromatic rings. The second kappa shape index (κ2) is 9.95. The molecule has 0 spiro atoms. The molecule has 10 heteroatoms. The largest absolute Gasteiger partial charge is 0.416 e. The predicted molar refractivity (Wildman–Crippen MR) is 131 cm³/mol. The van der Waals surface area contributed by atoms with E-state index < -0.39 is 23.6 Å². The van der Waals surface area contributed by atoms with E-state index >= 15 is 0 Å². The molecule has 2 heterocycles. The minimum atomic E-state index is -4.62. The molecule has 37 heavy (non-hydrogen) atoms. The molecule has 1 fully saturated rings. The van der Waals surface area contributed by atoms with Crippen molar-refractivity contribution in [3.8, 4) is 0 Å². The van der Waals surface area contributed by atoms with E-state index in [1.165, 1.54) is 24.3 Å². The SMILES string of the molecule is O=C(NCCCN1CCOCC1)c1ccc2c3c(cccc13)C(=O)N(c1cccc(C(F)(F)F)c1)C2=O. The van der Waals surface area contributed by atoms with Crippen molar-refractivity contribution in [2.24, 2.45) is 0 Å². The number of alkyl halides is 3. The van der Waals surface area contributed by atoms with Crippen molar-refractivity contribution in [3.05, 3.63) is 76.9 Å². The lowest BCUT2D eigenvalue weighted by molar-refractivity contribution is -0.137. The maximum absolute atomic E-state index is 13.3. The van der Waals surface area contributed by atoms with Crippen molar-refractivity contribution in [2.45, 2.75) is 12.6 Å². The Labute approximate surface area is 210 Å². The third-order valence-corrected chi connectivity index (χ3v) is 6.62. The van der Waals surface area contributed by atoms with Crippen molar-refractivity contribution < 1.29 is 32.3 Å². The highest BCUT2D eigenvalue weighted by Gasteiger charge is 2.37. The number of hydrogen-bond donors (Lipinski definition) is 1. The zero-order valence-corrected chi connectivity index (χ0v) is 19.8. The summed E-state index contributed by atoms with van der Waals surface area (Å²) in [6, 6.07) is 11.8. The lowest BCUT2D eigenvalue weighted by Gasteiger charge is -2.28. The fourth-order valence-electron chi connectivity index (χ4n) is 4.77. The smallest absolute Gasteiger partial charge is 0.379 e. The first kappa shape index (κ1) is 24.9. The van der Waals surface area contributed by atoms with Gasteiger partial charge in [-0.05, 0) is 54.8 Å². The number of morpholine rings is 1. The number of nitrogens with one attached hydrogen (secondary N) is 1. The summed E-state index contributed by atoms with van der Waals surface area (Å²) in [6.07, 6.45) is -3.86. The number of carbonyl (C=O) groups is 3. The second-order valence-electron chi connectivity index (χ2n) is 8.95. The summed E-state index contributed by atoms with van der Waals surface area (Å²) in [7, 11) is 0. The highest BCUT2D eigenvalue weighted by atomic mass is 19.4. The Balaban J connectivity index is 1.40. The Kier molecular flexibility index (Phi) is 6.70. The maximum Gasteiger partial charge on any atom is 0.416 e. The van der Waals surface area contributed by atoms with Crippen molar-refractivity contribution in [1.82, 2.24) is 10.2 Å². The summed E-state index contributed by atoms with van der Waals surface area (Å²) < 4.78 is 45.1. The van der Waals surface area contributed by atoms with Gasteiger partial charge in [0.05, 0.1) is 24.5 Å². The lowest BCUT2D eigenvalue weighted by atomic mass is 9.90. The standard InChI is InChI=1S/C27H24F3N3O4/c28-27(29,30)17-4-1-5-18(16-17)33-25(35)21-7-2-6-19-20(8-9-22(23(19)21)26(33)36)24(34)31-10-3-11-32-12-14-37-15-13-32/h1-2,4-9,16H,3,10-15H2,(H,31,34). The van der Waals surface area contributed by atoms with Gasteiger partial charge in [0.15, 0.2) is 0 Å². The summed E-state index contributed by atoms with van der Waals surface area (Å²) >= 11 is 0. The molecular weight excluding hydrogens is 487 g/mol. The number of ether oxygens (including phenoxy) is 1. The molecule has 0 atom stereocenters. The molecular formula is C27H24F3N3O4. The van der Waals surface area contributed by atoms with E-state index in [1.54, 1.807) is 12.1 Å². The first-order chi connectivity index (χ1) is 17.8. The minimum absolute atomic E-state index is 0.145. The fraction of sp³-hybridized carbons (Fsp3) is 0.296. The van der Waals surface area contributed by atoms with Gasteiger partial charge in [-0.25, -0.2) is 4.90 Å². The molecule has 0 radical (unpaired) electrons. The van der Waals surface area contributed by atoms with Crippen LogP contribution < -0.4 is 10.2 Å². The zero-order chi connectivity index (χ0) is 26.2. The van der Waals surface area contributed by atoms with Crippen LogP contribution in [0.4, 0.5) is 18.9 Å². The van der Waals surface area contributed by atoms with E-state index in [0.29, 0.717) is 36.1 Å². The number of halogens is 3. The van der Waals surface area contributed by atoms with Gasteiger partial charge in [-0.1, -0.05) is 18.2 Å². The van der Waals surface area contributed by atoms with Gasteiger partial charge in [-0.15, -0.1) is 0 Å². The third kappa shape index (κ3) is 4.82. The Hall–Kier alpha value is -3.76. The van der Waals surface area contributed by atoms with Crippen molar-refractivity contribution in [1.29, 1.82) is 0 Å². The molecule has 0 aliphatic carbocycles. The van der Waals surface area contributed by atoms with Crippen molar-refractivity contribution in [3.63, 3.8) is 0 Å². The number of hydrogen-bond acceptors (Lipinski definition) is 5. The quantitative estimate of drug-likeness (QED) is 0.398. The number of benzene rings is 3. The highest BCUT2D eigenvalue weighted by molar-refractivity contribution is 6.36. The normalized spacial score (nSPS) is 16.4. The van der Waals surface area contributed by atoms with Crippen LogP contribution in [0, 0.1) is 0 Å². The minimum Gasteiger partial charge on any atom is -0.379 e. The van der Waals surface area contributed by atoms with E-state index in [1.807, 2.05) is 0 Å². The van der Waals surface area contributed by atoms with Gasteiger partial charge >= 0.3 is 6.18 Å². The molecule has 0 unspecified atom stereocenters. The summed E-state index contributed by atoms with van der Waals surface area (Å²) in [5.41, 5.74) is -0.525. The number of nitrogens with zero attached hydrogens (tertiary/aromatic N) is 2. The maximum atomic E-state index is 13.3. The molecule has 2 aliphatic heterocycles. The van der Waals surface area contributed by atoms with Crippen LogP contribution in [0.3, 0.4) is 0 Å². The lowest BCUT2D eigenvalue weighted by Crippen LogP contribution is -2.40. The van der Waals surface area contributed by atoms with Crippen LogP contribution in [0.2, 0.25) is 0 Å². The molecule has 3 aromatic carbocycles. The molecule has 3 amide bonds. The summed E-state index contributed by atoms with van der Waals surface area (Å²) in [4.78, 5) is 42.7. The van der Waals surface area contributed by atoms with Gasteiger partial charge in [-0.2, -0.15) is 13.2 Å². The molecule has 0 saturated carbocycles. The summed E-state index contributed by atoms with van der Waals surface area (Å²) in [5, 5.41) is 3.66. The van der Waals surface area contributed by atoms with Crippen molar-refractivity contribution >= 4 is 34.2 Å². The van der Waals surface area contributed by atoms with Gasteiger partial charge in [0.2, 0.25) is 0 Å². The highest BCUT2D eigenvalue weighted by Crippen LogP contribution is 2.37. The first-order valence-electron chi connectivity index (χ1n) is 12.0. The van der Waals surface area contributed by atoms with Crippen LogP contribution in [0.15, 0.2) is 54.6 Å². The van der Waals surface area contributed by atoms with Gasteiger partial charge in [0.25, 0.3) is 17.7 Å². The number of carbonyl (C=O) groups excluding carboxylic acids is 3. The molecule has 1 N–H and O–H groups in total. The Morgan fingerprint density at radius 3 is 2.38 bits per heavy atom. The molecule has 0 bridgehead atoms. The third-order valence-electron chi connectivity index (χ3n) is 6.62. The number of anilines is 1. The van der Waals surface area contributed by atoms with E-state index in [9.17, 15) is 27.6 Å². The van der Waals surface area contributed by atoms with Crippen LogP contribution >= 0.6 is 0 Å². The number of imide groups is 1. The predicted octanol–water partition coefficient (Wildman–Crippen LogP) is 4.11. The van der Waals surface area contributed by atoms with Crippen LogP contribution in [-0.4, -0.2) is 62.0 Å². The zero-order valence-electron chi connectivity index (χ0n) is 19.8. The number of amides is 3. The molecule has 192 valence electrons. The van der Waals surface area contributed by atoms with E-state index in [0.717, 1.165) is 49.2 Å². The van der Waals surface area contributed by atoms with Crippen molar-refractivity contribution in [2.75, 3.05) is 44.3 Å².